The van der Waals surface area contributed by atoms with Gasteiger partial charge in [0.25, 0.3) is 0 Å². The zero-order chi connectivity index (χ0) is 19.2. The lowest BCUT2D eigenvalue weighted by atomic mass is 9.82. The Kier molecular flexibility index (Phi) is 4.95. The Hall–Kier alpha value is -1.06. The van der Waals surface area contributed by atoms with Gasteiger partial charge in [0.1, 0.15) is 6.10 Å². The Morgan fingerprint density at radius 3 is 2.32 bits per heavy atom. The minimum atomic E-state index is -1.05. The molecule has 4 aliphatic rings. The molecule has 0 bridgehead atoms. The van der Waals surface area contributed by atoms with Gasteiger partial charge in [-0.1, -0.05) is 30.3 Å². The molecule has 0 radical (unpaired) electrons. The van der Waals surface area contributed by atoms with Gasteiger partial charge in [-0.25, -0.2) is 0 Å². The lowest BCUT2D eigenvalue weighted by Crippen LogP contribution is -2.74. The first-order chi connectivity index (χ1) is 13.7. The second-order valence-corrected chi connectivity index (χ2v) is 7.94. The quantitative estimate of drug-likeness (QED) is 0.783. The molecule has 0 N–H and O–H groups in total. The Labute approximate surface area is 165 Å². The maximum atomic E-state index is 6.50. The summed E-state index contributed by atoms with van der Waals surface area (Å²) >= 11 is 0. The topological polar surface area (TPSA) is 64.6 Å². The fraction of sp³-hybridized carbons (Fsp3) is 0.714. The largest absolute Gasteiger partial charge is 0.375 e. The zero-order valence-corrected chi connectivity index (χ0v) is 16.4. The second-order valence-electron chi connectivity index (χ2n) is 7.94. The fourth-order valence-electron chi connectivity index (χ4n) is 4.97. The normalized spacial score (nSPS) is 45.6. The molecule has 4 heterocycles. The molecule has 4 aliphatic heterocycles. The summed E-state index contributed by atoms with van der Waals surface area (Å²) in [6.45, 7) is 1.16. The summed E-state index contributed by atoms with van der Waals surface area (Å²) in [5.74, 6) is -2.09. The van der Waals surface area contributed by atoms with E-state index in [1.807, 2.05) is 30.3 Å². The van der Waals surface area contributed by atoms with E-state index in [2.05, 4.69) is 0 Å². The van der Waals surface area contributed by atoms with Crippen molar-refractivity contribution in [2.45, 2.75) is 68.0 Å². The van der Waals surface area contributed by atoms with Crippen molar-refractivity contribution in [1.29, 1.82) is 0 Å². The molecule has 7 atom stereocenters. The highest BCUT2D eigenvalue weighted by Crippen LogP contribution is 2.52. The number of hydrogen-bond donors (Lipinski definition) is 0. The van der Waals surface area contributed by atoms with Crippen molar-refractivity contribution in [3.8, 4) is 0 Å². The van der Waals surface area contributed by atoms with Crippen molar-refractivity contribution in [2.75, 3.05) is 27.4 Å². The molecule has 0 saturated carbocycles. The molecule has 4 fully saturated rings. The van der Waals surface area contributed by atoms with Gasteiger partial charge in [-0.3, -0.25) is 0 Å². The van der Waals surface area contributed by atoms with Gasteiger partial charge < -0.3 is 33.2 Å². The van der Waals surface area contributed by atoms with Crippen molar-refractivity contribution in [3.05, 3.63) is 35.9 Å². The molecule has 5 rings (SSSR count). The Bertz CT molecular complexity index is 685. The number of hydrogen-bond acceptors (Lipinski definition) is 7. The first kappa shape index (κ1) is 18.9. The van der Waals surface area contributed by atoms with Crippen LogP contribution in [0.5, 0.6) is 0 Å². The molecule has 0 amide bonds. The average molecular weight is 392 g/mol. The molecule has 1 aromatic carbocycles. The third-order valence-electron chi connectivity index (χ3n) is 6.44. The van der Waals surface area contributed by atoms with Crippen LogP contribution >= 0.6 is 0 Å². The van der Waals surface area contributed by atoms with E-state index in [1.165, 1.54) is 0 Å². The highest BCUT2D eigenvalue weighted by molar-refractivity contribution is 5.17. The highest BCUT2D eigenvalue weighted by atomic mass is 16.8. The van der Waals surface area contributed by atoms with Gasteiger partial charge in [0, 0.05) is 39.2 Å². The average Bonchev–Trinajstić information content (AvgIpc) is 2.76. The number of benzene rings is 1. The van der Waals surface area contributed by atoms with Crippen molar-refractivity contribution < 1.29 is 33.2 Å². The highest BCUT2D eigenvalue weighted by Gasteiger charge is 2.68. The van der Waals surface area contributed by atoms with E-state index in [9.17, 15) is 0 Å². The van der Waals surface area contributed by atoms with Crippen molar-refractivity contribution >= 4 is 0 Å². The SMILES string of the molecule is CO[C@]12C[C@H]3OCCC[C@@H]3O[C@]1(OC)C[C@@H]1O[C@H](c3ccccc3)OC[C@H]1O2. The standard InChI is InChI=1S/C21H28O7/c1-22-20-11-16-15(9-6-10-24-16)27-21(20,23-2)12-17-18(28-20)13-25-19(26-17)14-7-4-3-5-8-14/h3-5,7-8,15-19H,6,9-13H2,1-2H3/t15-,16+,17-,18+,19+,20-,21+/m0/s1. The third kappa shape index (κ3) is 2.92. The molecule has 0 aromatic heterocycles. The monoisotopic (exact) mass is 392 g/mol. The van der Waals surface area contributed by atoms with Crippen LogP contribution < -0.4 is 0 Å². The summed E-state index contributed by atoms with van der Waals surface area (Å²) in [4.78, 5) is 0. The van der Waals surface area contributed by atoms with E-state index in [-0.39, 0.29) is 24.4 Å². The zero-order valence-electron chi connectivity index (χ0n) is 16.4. The van der Waals surface area contributed by atoms with Crippen LogP contribution in [-0.2, 0) is 33.2 Å². The predicted octanol–water partition coefficient (Wildman–Crippen LogP) is 2.54. The molecule has 0 unspecified atom stereocenters. The minimum Gasteiger partial charge on any atom is -0.375 e. The van der Waals surface area contributed by atoms with Crippen LogP contribution in [0.2, 0.25) is 0 Å². The Morgan fingerprint density at radius 2 is 1.57 bits per heavy atom. The van der Waals surface area contributed by atoms with Crippen molar-refractivity contribution in [1.82, 2.24) is 0 Å². The molecule has 0 aliphatic carbocycles. The molecule has 0 spiro atoms. The Balaban J connectivity index is 1.41. The first-order valence-corrected chi connectivity index (χ1v) is 10.1. The van der Waals surface area contributed by atoms with Crippen LogP contribution in [0.4, 0.5) is 0 Å². The number of ether oxygens (including phenoxy) is 7. The van der Waals surface area contributed by atoms with Gasteiger partial charge >= 0.3 is 0 Å². The van der Waals surface area contributed by atoms with Crippen LogP contribution in [0.15, 0.2) is 30.3 Å². The summed E-state index contributed by atoms with van der Waals surface area (Å²) in [6, 6.07) is 9.93. The van der Waals surface area contributed by atoms with E-state index < -0.39 is 17.9 Å². The van der Waals surface area contributed by atoms with Crippen LogP contribution in [0, 0.1) is 0 Å². The number of methoxy groups -OCH3 is 2. The maximum absolute atomic E-state index is 6.50. The lowest BCUT2D eigenvalue weighted by Gasteiger charge is -2.60. The van der Waals surface area contributed by atoms with E-state index in [4.69, 9.17) is 33.2 Å². The van der Waals surface area contributed by atoms with Crippen molar-refractivity contribution in [2.24, 2.45) is 0 Å². The minimum absolute atomic E-state index is 0.0260. The van der Waals surface area contributed by atoms with E-state index in [0.717, 1.165) is 25.0 Å². The number of fused-ring (bicyclic) bond motifs is 3. The van der Waals surface area contributed by atoms with Crippen LogP contribution in [-0.4, -0.2) is 63.4 Å². The van der Waals surface area contributed by atoms with Crippen molar-refractivity contribution in [3.63, 3.8) is 0 Å². The molecule has 1 aromatic rings. The van der Waals surface area contributed by atoms with Gasteiger partial charge in [0.15, 0.2) is 6.29 Å². The van der Waals surface area contributed by atoms with E-state index in [0.29, 0.717) is 19.4 Å². The van der Waals surface area contributed by atoms with Gasteiger partial charge in [0.2, 0.25) is 11.6 Å². The van der Waals surface area contributed by atoms with Gasteiger partial charge in [-0.2, -0.15) is 0 Å². The molecule has 7 nitrogen and oxygen atoms in total. The predicted molar refractivity (Wildman–Crippen MR) is 97.4 cm³/mol. The lowest BCUT2D eigenvalue weighted by molar-refractivity contribution is -0.490. The number of rotatable bonds is 3. The van der Waals surface area contributed by atoms with Gasteiger partial charge in [-0.05, 0) is 12.8 Å². The molecule has 28 heavy (non-hydrogen) atoms. The van der Waals surface area contributed by atoms with Gasteiger partial charge in [0.05, 0.1) is 24.9 Å². The summed E-state index contributed by atoms with van der Waals surface area (Å²) in [7, 11) is 3.29. The fourth-order valence-corrected chi connectivity index (χ4v) is 4.97. The molecule has 154 valence electrons. The summed E-state index contributed by atoms with van der Waals surface area (Å²) < 4.78 is 43.0. The van der Waals surface area contributed by atoms with Crippen LogP contribution in [0.25, 0.3) is 0 Å². The summed E-state index contributed by atoms with van der Waals surface area (Å²) in [5, 5.41) is 0. The maximum Gasteiger partial charge on any atom is 0.226 e. The van der Waals surface area contributed by atoms with Gasteiger partial charge in [-0.15, -0.1) is 0 Å². The van der Waals surface area contributed by atoms with E-state index in [1.54, 1.807) is 14.2 Å². The molecular formula is C21H28O7. The summed E-state index contributed by atoms with van der Waals surface area (Å²) in [5.41, 5.74) is 0.987. The van der Waals surface area contributed by atoms with Crippen LogP contribution in [0.1, 0.15) is 37.5 Å². The Morgan fingerprint density at radius 1 is 0.857 bits per heavy atom. The van der Waals surface area contributed by atoms with E-state index >= 15 is 0 Å². The molecule has 7 heteroatoms. The third-order valence-corrected chi connectivity index (χ3v) is 6.44. The first-order valence-electron chi connectivity index (χ1n) is 10.1. The second kappa shape index (κ2) is 7.32. The smallest absolute Gasteiger partial charge is 0.226 e. The molecule has 4 saturated heterocycles. The molecular weight excluding hydrogens is 364 g/mol. The van der Waals surface area contributed by atoms with Crippen LogP contribution in [0.3, 0.4) is 0 Å². The summed E-state index contributed by atoms with van der Waals surface area (Å²) in [6.07, 6.45) is 2.01.